The van der Waals surface area contributed by atoms with Crippen LogP contribution in [0.1, 0.15) is 37.6 Å². The van der Waals surface area contributed by atoms with Crippen LogP contribution in [0.2, 0.25) is 0 Å². The van der Waals surface area contributed by atoms with Gasteiger partial charge in [-0.3, -0.25) is 14.8 Å². The van der Waals surface area contributed by atoms with Crippen LogP contribution in [0, 0.1) is 5.53 Å². The Bertz CT molecular complexity index is 952. The average molecular weight is 472 g/mol. The zero-order chi connectivity index (χ0) is 24.2. The Morgan fingerprint density at radius 1 is 1.35 bits per heavy atom. The van der Waals surface area contributed by atoms with E-state index >= 15 is 0 Å². The number of allylic oxidation sites excluding steroid dienone is 1. The molecule has 1 amide bonds. The van der Waals surface area contributed by atoms with Gasteiger partial charge in [0.05, 0.1) is 37.6 Å². The number of rotatable bonds is 12. The number of halogens is 1. The third-order valence-electron chi connectivity index (χ3n) is 5.14. The number of nitrogens with zero attached hydrogens (tertiary/aromatic N) is 5. The van der Waals surface area contributed by atoms with Gasteiger partial charge in [0.15, 0.2) is 5.82 Å². The number of hydrogen-bond donors (Lipinski definition) is 2. The normalized spacial score (nSPS) is 15.1. The first-order valence-electron chi connectivity index (χ1n) is 11.3. The minimum Gasteiger partial charge on any atom is -0.490 e. The molecule has 1 saturated heterocycles. The van der Waals surface area contributed by atoms with E-state index in [1.807, 2.05) is 0 Å². The lowest BCUT2D eigenvalue weighted by atomic mass is 10.1. The van der Waals surface area contributed by atoms with Crippen molar-refractivity contribution in [2.75, 3.05) is 25.1 Å². The molecule has 10 nitrogen and oxygen atoms in total. The van der Waals surface area contributed by atoms with Gasteiger partial charge in [-0.25, -0.2) is 4.39 Å². The van der Waals surface area contributed by atoms with Crippen LogP contribution in [0.4, 0.5) is 10.2 Å². The van der Waals surface area contributed by atoms with Gasteiger partial charge in [-0.15, -0.1) is 5.10 Å². The third kappa shape index (κ3) is 8.47. The summed E-state index contributed by atoms with van der Waals surface area (Å²) < 4.78 is 25.4. The van der Waals surface area contributed by atoms with Crippen LogP contribution in [-0.4, -0.2) is 58.1 Å². The van der Waals surface area contributed by atoms with Crippen molar-refractivity contribution in [3.63, 3.8) is 0 Å². The van der Waals surface area contributed by atoms with E-state index in [1.54, 1.807) is 49.7 Å². The highest BCUT2D eigenvalue weighted by Gasteiger charge is 2.16. The van der Waals surface area contributed by atoms with Crippen molar-refractivity contribution in [1.29, 1.82) is 5.53 Å². The summed E-state index contributed by atoms with van der Waals surface area (Å²) in [5.41, 5.74) is 8.23. The Morgan fingerprint density at radius 3 is 2.88 bits per heavy atom. The fraction of sp³-hybridized carbons (Fsp3) is 0.478. The second kappa shape index (κ2) is 13.3. The number of hydrogen-bond acceptors (Lipinski definition) is 8. The topological polar surface area (TPSA) is 126 Å². The molecule has 0 aliphatic carbocycles. The molecule has 0 bridgehead atoms. The average Bonchev–Trinajstić information content (AvgIpc) is 2.84. The Hall–Kier alpha value is -3.47. The number of anilines is 1. The van der Waals surface area contributed by atoms with E-state index in [4.69, 9.17) is 15.0 Å². The van der Waals surface area contributed by atoms with Gasteiger partial charge in [-0.2, -0.15) is 10.6 Å². The Kier molecular flexibility index (Phi) is 9.83. The summed E-state index contributed by atoms with van der Waals surface area (Å²) >= 11 is 0. The van der Waals surface area contributed by atoms with Crippen LogP contribution in [0.5, 0.6) is 5.75 Å². The van der Waals surface area contributed by atoms with E-state index in [0.29, 0.717) is 42.6 Å². The first-order valence-corrected chi connectivity index (χ1v) is 11.3. The van der Waals surface area contributed by atoms with Crippen molar-refractivity contribution < 1.29 is 18.7 Å². The van der Waals surface area contributed by atoms with E-state index in [2.05, 4.69) is 25.7 Å². The molecule has 1 fully saturated rings. The number of ether oxygens (including phenoxy) is 2. The first-order chi connectivity index (χ1) is 16.6. The summed E-state index contributed by atoms with van der Waals surface area (Å²) in [6.45, 7) is 3.16. The molecule has 1 atom stereocenters. The summed E-state index contributed by atoms with van der Waals surface area (Å²) in [6, 6.07) is 6.89. The predicted octanol–water partition coefficient (Wildman–Crippen LogP) is 3.66. The van der Waals surface area contributed by atoms with Gasteiger partial charge in [0.25, 0.3) is 0 Å². The zero-order valence-corrected chi connectivity index (χ0v) is 19.2. The summed E-state index contributed by atoms with van der Waals surface area (Å²) in [4.78, 5) is 16.7. The van der Waals surface area contributed by atoms with Gasteiger partial charge < -0.3 is 14.8 Å². The fourth-order valence-electron chi connectivity index (χ4n) is 3.43. The molecule has 2 N–H and O–H groups in total. The fourth-order valence-corrected chi connectivity index (χ4v) is 3.43. The molecule has 11 heteroatoms. The molecule has 0 aromatic carbocycles. The molecule has 182 valence electrons. The molecule has 3 rings (SSSR count). The van der Waals surface area contributed by atoms with E-state index in [1.165, 1.54) is 5.01 Å². The standard InChI is InChI=1S/C23H30FN7O3/c1-2-11-31(30-25)16-17(24)3-4-18-5-6-22(29-28-18)27-23(32)15-19-14-21(7-10-26-19)34-20-8-12-33-13-9-20/h2,5-7,10-11,14,17,20,25H,3-4,8-9,12-13,15-16H2,1H3,(H,27,29,32)/b11-2+,30-25?. The summed E-state index contributed by atoms with van der Waals surface area (Å²) in [5.74, 6) is 0.725. The quantitative estimate of drug-likeness (QED) is 0.357. The lowest BCUT2D eigenvalue weighted by Gasteiger charge is -2.23. The molecule has 34 heavy (non-hydrogen) atoms. The number of carbonyl (C=O) groups excluding carboxylic acids is 1. The maximum Gasteiger partial charge on any atom is 0.231 e. The number of aryl methyl sites for hydroxylation is 1. The molecular formula is C23H30FN7O3. The summed E-state index contributed by atoms with van der Waals surface area (Å²) in [7, 11) is 0. The Morgan fingerprint density at radius 2 is 2.18 bits per heavy atom. The molecule has 1 aliphatic rings. The van der Waals surface area contributed by atoms with Crippen molar-refractivity contribution in [3.8, 4) is 5.75 Å². The molecular weight excluding hydrogens is 441 g/mol. The van der Waals surface area contributed by atoms with Crippen molar-refractivity contribution >= 4 is 11.7 Å². The Labute approximate surface area is 198 Å². The largest absolute Gasteiger partial charge is 0.490 e. The molecule has 2 aromatic rings. The maximum absolute atomic E-state index is 14.1. The van der Waals surface area contributed by atoms with E-state index in [0.717, 1.165) is 12.8 Å². The van der Waals surface area contributed by atoms with Crippen LogP contribution >= 0.6 is 0 Å². The van der Waals surface area contributed by atoms with Gasteiger partial charge in [0.1, 0.15) is 18.0 Å². The molecule has 1 aliphatic heterocycles. The van der Waals surface area contributed by atoms with Gasteiger partial charge >= 0.3 is 0 Å². The number of nitrogens with one attached hydrogen (secondary N) is 2. The lowest BCUT2D eigenvalue weighted by molar-refractivity contribution is -0.115. The first kappa shape index (κ1) is 25.2. The number of alkyl halides is 1. The maximum atomic E-state index is 14.1. The second-order valence-electron chi connectivity index (χ2n) is 7.89. The highest BCUT2D eigenvalue weighted by atomic mass is 19.1. The summed E-state index contributed by atoms with van der Waals surface area (Å²) in [5, 5.41) is 15.2. The molecule has 0 radical (unpaired) electrons. The lowest BCUT2D eigenvalue weighted by Crippen LogP contribution is -2.26. The van der Waals surface area contributed by atoms with Gasteiger partial charge in [0.2, 0.25) is 5.91 Å². The molecule has 3 heterocycles. The molecule has 2 aromatic heterocycles. The molecule has 0 spiro atoms. The minimum atomic E-state index is -1.16. The van der Waals surface area contributed by atoms with Gasteiger partial charge in [-0.05, 0) is 38.0 Å². The van der Waals surface area contributed by atoms with Gasteiger partial charge in [0, 0.05) is 31.3 Å². The highest BCUT2D eigenvalue weighted by Crippen LogP contribution is 2.18. The van der Waals surface area contributed by atoms with E-state index in [-0.39, 0.29) is 31.4 Å². The summed E-state index contributed by atoms with van der Waals surface area (Å²) in [6.07, 6.45) is 6.17. The van der Waals surface area contributed by atoms with Crippen molar-refractivity contribution in [3.05, 3.63) is 54.1 Å². The monoisotopic (exact) mass is 471 g/mol. The van der Waals surface area contributed by atoms with Gasteiger partial charge in [-0.1, -0.05) is 11.3 Å². The van der Waals surface area contributed by atoms with Crippen LogP contribution < -0.4 is 10.1 Å². The number of carbonyl (C=O) groups is 1. The number of aromatic nitrogens is 3. The highest BCUT2D eigenvalue weighted by molar-refractivity contribution is 5.91. The second-order valence-corrected chi connectivity index (χ2v) is 7.89. The number of amides is 1. The zero-order valence-electron chi connectivity index (χ0n) is 19.2. The van der Waals surface area contributed by atoms with Crippen molar-refractivity contribution in [1.82, 2.24) is 20.2 Å². The van der Waals surface area contributed by atoms with Crippen LogP contribution in [0.25, 0.3) is 0 Å². The number of pyridine rings is 1. The van der Waals surface area contributed by atoms with E-state index < -0.39 is 6.17 Å². The molecule has 1 unspecified atom stereocenters. The van der Waals surface area contributed by atoms with E-state index in [9.17, 15) is 9.18 Å². The van der Waals surface area contributed by atoms with Crippen LogP contribution in [0.15, 0.2) is 48.0 Å². The van der Waals surface area contributed by atoms with Crippen LogP contribution in [0.3, 0.4) is 0 Å². The van der Waals surface area contributed by atoms with Crippen molar-refractivity contribution in [2.24, 2.45) is 5.22 Å². The van der Waals surface area contributed by atoms with Crippen LogP contribution in [-0.2, 0) is 22.4 Å². The minimum absolute atomic E-state index is 0.00472. The SMILES string of the molecule is C/C=C/N(CC(F)CCc1ccc(NC(=O)Cc2cc(OC3CCOCC3)ccn2)nn1)N=N. The predicted molar refractivity (Wildman–Crippen MR) is 123 cm³/mol. The third-order valence-corrected chi connectivity index (χ3v) is 5.14. The smallest absolute Gasteiger partial charge is 0.231 e. The van der Waals surface area contributed by atoms with Crippen molar-refractivity contribution in [2.45, 2.75) is 51.3 Å². The molecule has 0 saturated carbocycles. The Balaban J connectivity index is 1.44.